The molecule has 0 aliphatic heterocycles. The molecule has 0 bridgehead atoms. The average Bonchev–Trinajstić information content (AvgIpc) is 2.58. The van der Waals surface area contributed by atoms with E-state index in [4.69, 9.17) is 4.74 Å². The molecule has 144 valence electrons. The number of benzene rings is 2. The van der Waals surface area contributed by atoms with Gasteiger partial charge in [-0.15, -0.1) is 0 Å². The number of nitrogens with zero attached hydrogens (tertiary/aromatic N) is 1. The monoisotopic (exact) mass is 388 g/mol. The number of nitro groups is 1. The standard InChI is InChI=1S/C20H24N2O4S/c1-14-10-12-15(13-11-14)17(21-19(23)26-20(2,3)4)18(22(24)25)27-16-8-6-5-7-9-16/h5-13,17-18H,1-4H3,(H,21,23)/t17-,18+/m1/s1. The number of hydrogen-bond donors (Lipinski definition) is 1. The summed E-state index contributed by atoms with van der Waals surface area (Å²) in [6, 6.07) is 15.6. The van der Waals surface area contributed by atoms with Gasteiger partial charge >= 0.3 is 6.09 Å². The van der Waals surface area contributed by atoms with Gasteiger partial charge in [0.05, 0.1) is 0 Å². The number of carbonyl (C=O) groups excluding carboxylic acids is 1. The summed E-state index contributed by atoms with van der Waals surface area (Å²) in [5.41, 5.74) is 0.984. The molecule has 0 unspecified atom stereocenters. The highest BCUT2D eigenvalue weighted by molar-refractivity contribution is 7.99. The Morgan fingerprint density at radius 2 is 1.70 bits per heavy atom. The number of thioether (sulfide) groups is 1. The number of nitrogens with one attached hydrogen (secondary N) is 1. The van der Waals surface area contributed by atoms with Gasteiger partial charge in [0.2, 0.25) is 0 Å². The zero-order valence-corrected chi connectivity index (χ0v) is 16.7. The van der Waals surface area contributed by atoms with Gasteiger partial charge in [-0.3, -0.25) is 10.1 Å². The third-order valence-corrected chi connectivity index (χ3v) is 4.83. The Hall–Kier alpha value is -2.54. The van der Waals surface area contributed by atoms with Crippen molar-refractivity contribution in [2.45, 2.75) is 49.6 Å². The van der Waals surface area contributed by atoms with Crippen molar-refractivity contribution >= 4 is 17.9 Å². The molecule has 6 nitrogen and oxygen atoms in total. The van der Waals surface area contributed by atoms with Gasteiger partial charge in [-0.25, -0.2) is 4.79 Å². The lowest BCUT2D eigenvalue weighted by atomic mass is 10.1. The predicted octanol–water partition coefficient (Wildman–Crippen LogP) is 4.96. The van der Waals surface area contributed by atoms with Crippen molar-refractivity contribution < 1.29 is 14.5 Å². The van der Waals surface area contributed by atoms with Crippen molar-refractivity contribution in [2.75, 3.05) is 0 Å². The van der Waals surface area contributed by atoms with Crippen LogP contribution in [-0.4, -0.2) is 22.0 Å². The van der Waals surface area contributed by atoms with Crippen LogP contribution in [0.1, 0.15) is 37.9 Å². The van der Waals surface area contributed by atoms with Gasteiger partial charge in [0.25, 0.3) is 5.37 Å². The molecule has 2 aromatic carbocycles. The summed E-state index contributed by atoms with van der Waals surface area (Å²) in [5.74, 6) is 0. The molecule has 2 rings (SSSR count). The van der Waals surface area contributed by atoms with E-state index in [2.05, 4.69) is 5.32 Å². The van der Waals surface area contributed by atoms with Gasteiger partial charge in [-0.05, 0) is 57.2 Å². The van der Waals surface area contributed by atoms with Crippen molar-refractivity contribution in [1.82, 2.24) is 5.32 Å². The summed E-state index contributed by atoms with van der Waals surface area (Å²) in [4.78, 5) is 24.5. The molecule has 1 amide bonds. The van der Waals surface area contributed by atoms with E-state index in [1.165, 1.54) is 0 Å². The molecule has 0 aromatic heterocycles. The van der Waals surface area contributed by atoms with Crippen molar-refractivity contribution in [2.24, 2.45) is 0 Å². The Morgan fingerprint density at radius 3 is 2.22 bits per heavy atom. The highest BCUT2D eigenvalue weighted by Crippen LogP contribution is 2.33. The van der Waals surface area contributed by atoms with Crippen LogP contribution in [0.15, 0.2) is 59.5 Å². The van der Waals surface area contributed by atoms with E-state index >= 15 is 0 Å². The van der Waals surface area contributed by atoms with Crippen molar-refractivity contribution in [3.05, 3.63) is 75.8 Å². The highest BCUT2D eigenvalue weighted by Gasteiger charge is 2.36. The van der Waals surface area contributed by atoms with Crippen LogP contribution >= 0.6 is 11.8 Å². The fourth-order valence-corrected chi connectivity index (χ4v) is 3.44. The highest BCUT2D eigenvalue weighted by atomic mass is 32.2. The number of amides is 1. The van der Waals surface area contributed by atoms with E-state index in [9.17, 15) is 14.9 Å². The molecule has 0 spiro atoms. The molecule has 7 heteroatoms. The second kappa shape index (κ2) is 8.90. The number of rotatable bonds is 6. The molecule has 1 N–H and O–H groups in total. The van der Waals surface area contributed by atoms with Crippen molar-refractivity contribution in [3.63, 3.8) is 0 Å². The van der Waals surface area contributed by atoms with Crippen LogP contribution in [0.2, 0.25) is 0 Å². The first-order chi connectivity index (χ1) is 12.7. The van der Waals surface area contributed by atoms with Crippen LogP contribution in [0.5, 0.6) is 0 Å². The molecule has 0 saturated heterocycles. The molecule has 0 heterocycles. The summed E-state index contributed by atoms with van der Waals surface area (Å²) in [7, 11) is 0. The fraction of sp³-hybridized carbons (Fsp3) is 0.350. The maximum Gasteiger partial charge on any atom is 0.408 e. The van der Waals surface area contributed by atoms with Crippen molar-refractivity contribution in [1.29, 1.82) is 0 Å². The van der Waals surface area contributed by atoms with Crippen LogP contribution in [0.25, 0.3) is 0 Å². The third-order valence-electron chi connectivity index (χ3n) is 3.60. The van der Waals surface area contributed by atoms with E-state index in [1.54, 1.807) is 45.0 Å². The Balaban J connectivity index is 2.34. The zero-order valence-electron chi connectivity index (χ0n) is 15.8. The fourth-order valence-electron chi connectivity index (χ4n) is 2.40. The van der Waals surface area contributed by atoms with E-state index in [0.29, 0.717) is 5.56 Å². The molecule has 0 aliphatic carbocycles. The summed E-state index contributed by atoms with van der Waals surface area (Å²) in [6.07, 6.45) is -0.686. The lowest BCUT2D eigenvalue weighted by molar-refractivity contribution is -0.500. The van der Waals surface area contributed by atoms with Gasteiger partial charge in [0.1, 0.15) is 11.6 Å². The minimum Gasteiger partial charge on any atom is -0.444 e. The SMILES string of the molecule is Cc1ccc([C@@H](NC(=O)OC(C)(C)C)[C@H](Sc2ccccc2)[N+](=O)[O-])cc1. The summed E-state index contributed by atoms with van der Waals surface area (Å²) < 4.78 is 5.31. The second-order valence-corrected chi connectivity index (χ2v) is 8.33. The minimum atomic E-state index is -1.11. The topological polar surface area (TPSA) is 81.5 Å². The molecule has 0 aliphatic rings. The molecule has 2 atom stereocenters. The van der Waals surface area contributed by atoms with Crippen LogP contribution in [0, 0.1) is 17.0 Å². The smallest absolute Gasteiger partial charge is 0.408 e. The summed E-state index contributed by atoms with van der Waals surface area (Å²) in [5, 5.41) is 13.4. The number of carbonyl (C=O) groups is 1. The van der Waals surface area contributed by atoms with Crippen LogP contribution < -0.4 is 5.32 Å². The van der Waals surface area contributed by atoms with Gasteiger partial charge < -0.3 is 10.1 Å². The van der Waals surface area contributed by atoms with E-state index in [-0.39, 0.29) is 4.92 Å². The quantitative estimate of drug-likeness (QED) is 0.327. The van der Waals surface area contributed by atoms with E-state index < -0.39 is 23.1 Å². The Bertz CT molecular complexity index is 773. The molecule has 0 radical (unpaired) electrons. The first-order valence-electron chi connectivity index (χ1n) is 8.57. The lowest BCUT2D eigenvalue weighted by Gasteiger charge is -2.25. The number of ether oxygens (including phenoxy) is 1. The molecule has 0 saturated carbocycles. The van der Waals surface area contributed by atoms with E-state index in [1.807, 2.05) is 37.3 Å². The normalized spacial score (nSPS) is 13.5. The minimum absolute atomic E-state index is 0.375. The molecule has 27 heavy (non-hydrogen) atoms. The maximum atomic E-state index is 12.3. The van der Waals surface area contributed by atoms with Gasteiger partial charge in [0.15, 0.2) is 0 Å². The Labute approximate surface area is 163 Å². The van der Waals surface area contributed by atoms with Crippen LogP contribution in [0.4, 0.5) is 4.79 Å². The first-order valence-corrected chi connectivity index (χ1v) is 9.45. The third kappa shape index (κ3) is 6.60. The van der Waals surface area contributed by atoms with Gasteiger partial charge in [0, 0.05) is 9.82 Å². The average molecular weight is 388 g/mol. The predicted molar refractivity (Wildman–Crippen MR) is 106 cm³/mol. The largest absolute Gasteiger partial charge is 0.444 e. The van der Waals surface area contributed by atoms with Gasteiger partial charge in [-0.2, -0.15) is 0 Å². The lowest BCUT2D eigenvalue weighted by Crippen LogP contribution is -2.41. The number of alkyl carbamates (subject to hydrolysis) is 1. The van der Waals surface area contributed by atoms with E-state index in [0.717, 1.165) is 22.2 Å². The maximum absolute atomic E-state index is 12.3. The Kier molecular flexibility index (Phi) is 6.85. The summed E-state index contributed by atoms with van der Waals surface area (Å²) in [6.45, 7) is 7.18. The van der Waals surface area contributed by atoms with Crippen LogP contribution in [0.3, 0.4) is 0 Å². The van der Waals surface area contributed by atoms with Gasteiger partial charge in [-0.1, -0.05) is 48.0 Å². The molecular weight excluding hydrogens is 364 g/mol. The molecule has 0 fully saturated rings. The number of aryl methyl sites for hydroxylation is 1. The summed E-state index contributed by atoms with van der Waals surface area (Å²) >= 11 is 1.09. The van der Waals surface area contributed by atoms with Crippen LogP contribution in [-0.2, 0) is 4.74 Å². The first kappa shape index (κ1) is 20.8. The second-order valence-electron chi connectivity index (χ2n) is 7.14. The molecule has 2 aromatic rings. The number of hydrogen-bond acceptors (Lipinski definition) is 5. The molecular formula is C20H24N2O4S. The zero-order chi connectivity index (χ0) is 20.0. The van der Waals surface area contributed by atoms with Crippen molar-refractivity contribution in [3.8, 4) is 0 Å². The Morgan fingerprint density at radius 1 is 1.11 bits per heavy atom.